The number of methoxy groups -OCH3 is 1. The van der Waals surface area contributed by atoms with Gasteiger partial charge in [0.2, 0.25) is 10.0 Å². The minimum atomic E-state index is -4.28. The van der Waals surface area contributed by atoms with E-state index in [0.717, 1.165) is 19.1 Å². The van der Waals surface area contributed by atoms with E-state index in [1.165, 1.54) is 13.2 Å². The molecule has 3 aromatic heterocycles. The highest BCUT2D eigenvalue weighted by Crippen LogP contribution is 2.38. The number of amides is 1. The molecule has 224 valence electrons. The second-order valence-electron chi connectivity index (χ2n) is 11.0. The maximum absolute atomic E-state index is 13.8. The number of hydrogen-bond acceptors (Lipinski definition) is 7. The first-order chi connectivity index (χ1) is 20.3. The SMILES string of the molecule is [2H][C@]1(N)CCCN(C(=O)c2cc(OC)c3c(c2)nc(-c2cc4ccc(N(C(F)F)S(C)(=O)=O)nc4n2CC2CC2)n3C)C1. The first-order valence-corrected chi connectivity index (χ1v) is 15.5. The van der Waals surface area contributed by atoms with Gasteiger partial charge in [-0.1, -0.05) is 0 Å². The molecule has 1 aromatic carbocycles. The third kappa shape index (κ3) is 5.06. The van der Waals surface area contributed by atoms with Gasteiger partial charge in [-0.25, -0.2) is 18.4 Å². The van der Waals surface area contributed by atoms with Crippen molar-refractivity contribution >= 4 is 43.8 Å². The molecule has 14 heteroatoms. The van der Waals surface area contributed by atoms with Gasteiger partial charge in [0.15, 0.2) is 5.82 Å². The highest BCUT2D eigenvalue weighted by molar-refractivity contribution is 7.92. The molecule has 4 heterocycles. The molecule has 4 aromatic rings. The zero-order chi connectivity index (χ0) is 30.8. The zero-order valence-electron chi connectivity index (χ0n) is 24.5. The Kier molecular flexibility index (Phi) is 6.76. The summed E-state index contributed by atoms with van der Waals surface area (Å²) in [6, 6.07) is 6.85. The number of carbonyl (C=O) groups excluding carboxylic acids is 1. The molecule has 1 saturated heterocycles. The van der Waals surface area contributed by atoms with Crippen LogP contribution in [0.2, 0.25) is 0 Å². The van der Waals surface area contributed by atoms with E-state index >= 15 is 0 Å². The van der Waals surface area contributed by atoms with Gasteiger partial charge in [-0.3, -0.25) is 4.79 Å². The van der Waals surface area contributed by atoms with Crippen LogP contribution >= 0.6 is 0 Å². The van der Waals surface area contributed by atoms with E-state index in [1.54, 1.807) is 23.1 Å². The number of halogens is 2. The largest absolute Gasteiger partial charge is 0.494 e. The van der Waals surface area contributed by atoms with Crippen LogP contribution in [0.15, 0.2) is 30.3 Å². The summed E-state index contributed by atoms with van der Waals surface area (Å²) in [4.78, 5) is 24.3. The number of nitrogens with zero attached hydrogens (tertiary/aromatic N) is 6. The van der Waals surface area contributed by atoms with Crippen LogP contribution in [0.3, 0.4) is 0 Å². The van der Waals surface area contributed by atoms with Crippen LogP contribution in [0.1, 0.15) is 37.4 Å². The Hall–Kier alpha value is -3.78. The van der Waals surface area contributed by atoms with Crippen LogP contribution in [0, 0.1) is 5.92 Å². The van der Waals surface area contributed by atoms with E-state index in [0.29, 0.717) is 76.7 Å². The van der Waals surface area contributed by atoms with E-state index in [9.17, 15) is 22.0 Å². The number of nitrogens with two attached hydrogens (primary N) is 1. The number of aromatic nitrogens is 4. The first-order valence-electron chi connectivity index (χ1n) is 14.2. The standard InChI is InChI=1S/C28H33F2N7O4S/c1-34-24-20(11-18(13-22(24)41-2)27(38)35-10-4-5-19(31)15-35)32-26(34)21-12-17-8-9-23(37(28(29)30)42(3,39)40)33-25(17)36(21)14-16-6-7-16/h8-9,11-13,16,19,28H,4-7,10,14-15,31H2,1-3H3/t19-/m0/s1/i19D. The van der Waals surface area contributed by atoms with Crippen molar-refractivity contribution < 1.29 is 28.1 Å². The summed E-state index contributed by atoms with van der Waals surface area (Å²) < 4.78 is 69.6. The number of carbonyl (C=O) groups is 1. The van der Waals surface area contributed by atoms with Gasteiger partial charge in [-0.2, -0.15) is 13.1 Å². The van der Waals surface area contributed by atoms with E-state index in [-0.39, 0.29) is 22.6 Å². The van der Waals surface area contributed by atoms with Crippen molar-refractivity contribution in [3.05, 3.63) is 35.9 Å². The van der Waals surface area contributed by atoms with Gasteiger partial charge < -0.3 is 24.5 Å². The number of ether oxygens (including phenoxy) is 1. The number of piperidine rings is 1. The van der Waals surface area contributed by atoms with Crippen molar-refractivity contribution in [3.8, 4) is 17.3 Å². The average Bonchev–Trinajstić information content (AvgIpc) is 3.60. The molecule has 0 radical (unpaired) electrons. The molecule has 2 aliphatic rings. The van der Waals surface area contributed by atoms with E-state index < -0.39 is 22.6 Å². The highest BCUT2D eigenvalue weighted by atomic mass is 32.2. The normalized spacial score (nSPS) is 20.0. The van der Waals surface area contributed by atoms with Crippen molar-refractivity contribution in [2.45, 2.75) is 44.8 Å². The summed E-state index contributed by atoms with van der Waals surface area (Å²) in [5.74, 6) is 0.717. The van der Waals surface area contributed by atoms with Crippen LogP contribution < -0.4 is 14.8 Å². The van der Waals surface area contributed by atoms with Crippen molar-refractivity contribution in [2.24, 2.45) is 18.7 Å². The summed E-state index contributed by atoms with van der Waals surface area (Å²) in [5.41, 5.74) is 8.59. The van der Waals surface area contributed by atoms with Gasteiger partial charge in [0.05, 0.1) is 24.6 Å². The Morgan fingerprint density at radius 3 is 2.64 bits per heavy atom. The van der Waals surface area contributed by atoms with E-state index in [2.05, 4.69) is 4.98 Å². The molecule has 0 spiro atoms. The third-order valence-electron chi connectivity index (χ3n) is 7.86. The molecule has 11 nitrogen and oxygen atoms in total. The summed E-state index contributed by atoms with van der Waals surface area (Å²) >= 11 is 0. The highest BCUT2D eigenvalue weighted by Gasteiger charge is 2.31. The quantitative estimate of drug-likeness (QED) is 0.306. The number of anilines is 1. The lowest BCUT2D eigenvalue weighted by atomic mass is 10.0. The molecule has 1 atom stereocenters. The second kappa shape index (κ2) is 10.5. The van der Waals surface area contributed by atoms with Crippen molar-refractivity contribution in [1.82, 2.24) is 24.0 Å². The molecule has 1 aliphatic carbocycles. The van der Waals surface area contributed by atoms with Gasteiger partial charge in [0, 0.05) is 45.0 Å². The number of hydrogen-bond donors (Lipinski definition) is 1. The second-order valence-corrected chi connectivity index (χ2v) is 12.9. The number of benzene rings is 1. The number of aryl methyl sites for hydroxylation is 1. The molecule has 0 unspecified atom stereocenters. The van der Waals surface area contributed by atoms with Crippen LogP contribution in [0.5, 0.6) is 5.75 Å². The summed E-state index contributed by atoms with van der Waals surface area (Å²) in [6.07, 6.45) is 3.88. The Morgan fingerprint density at radius 1 is 1.24 bits per heavy atom. The number of pyridine rings is 1. The minimum Gasteiger partial charge on any atom is -0.494 e. The van der Waals surface area contributed by atoms with Crippen LogP contribution in [-0.4, -0.2) is 77.3 Å². The fourth-order valence-electron chi connectivity index (χ4n) is 5.66. The first kappa shape index (κ1) is 27.1. The summed E-state index contributed by atoms with van der Waals surface area (Å²) in [6.45, 7) is -2.11. The Bertz CT molecular complexity index is 1850. The molecular weight excluding hydrogens is 568 g/mol. The van der Waals surface area contributed by atoms with Crippen LogP contribution in [0.25, 0.3) is 33.6 Å². The summed E-state index contributed by atoms with van der Waals surface area (Å²) in [7, 11) is -0.947. The topological polar surface area (TPSA) is 129 Å². The Morgan fingerprint density at radius 2 is 2.00 bits per heavy atom. The fourth-order valence-corrected chi connectivity index (χ4v) is 6.39. The zero-order valence-corrected chi connectivity index (χ0v) is 24.4. The molecule has 42 heavy (non-hydrogen) atoms. The molecule has 1 amide bonds. The number of sulfonamides is 1. The number of rotatable bonds is 8. The Labute approximate surface area is 243 Å². The number of likely N-dealkylation sites (tertiary alicyclic amines) is 1. The van der Waals surface area contributed by atoms with Gasteiger partial charge in [-0.15, -0.1) is 0 Å². The monoisotopic (exact) mass is 602 g/mol. The van der Waals surface area contributed by atoms with Gasteiger partial charge >= 0.3 is 6.55 Å². The predicted molar refractivity (Wildman–Crippen MR) is 155 cm³/mol. The minimum absolute atomic E-state index is 0.0107. The van der Waals surface area contributed by atoms with E-state index in [4.69, 9.17) is 16.8 Å². The smallest absolute Gasteiger partial charge is 0.329 e. The molecule has 1 saturated carbocycles. The number of imidazole rings is 1. The third-order valence-corrected chi connectivity index (χ3v) is 8.93. The van der Waals surface area contributed by atoms with Gasteiger partial charge in [0.1, 0.15) is 22.7 Å². The van der Waals surface area contributed by atoms with E-state index in [1.807, 2.05) is 22.2 Å². The maximum Gasteiger partial charge on any atom is 0.329 e. The van der Waals surface area contributed by atoms with Crippen LogP contribution in [0.4, 0.5) is 14.6 Å². The Balaban J connectivity index is 1.48. The van der Waals surface area contributed by atoms with Crippen LogP contribution in [-0.2, 0) is 23.6 Å². The predicted octanol–water partition coefficient (Wildman–Crippen LogP) is 3.56. The van der Waals surface area contributed by atoms with Gasteiger partial charge in [-0.05, 0) is 61.9 Å². The lowest BCUT2D eigenvalue weighted by Gasteiger charge is -2.30. The molecule has 1 aliphatic heterocycles. The summed E-state index contributed by atoms with van der Waals surface area (Å²) in [5, 5.41) is 0.641. The van der Waals surface area contributed by atoms with Gasteiger partial charge in [0.25, 0.3) is 5.91 Å². The molecule has 2 fully saturated rings. The van der Waals surface area contributed by atoms with Crippen molar-refractivity contribution in [1.29, 1.82) is 0 Å². The van der Waals surface area contributed by atoms with Crippen molar-refractivity contribution in [3.63, 3.8) is 0 Å². The fraction of sp³-hybridized carbons (Fsp3) is 0.464. The maximum atomic E-state index is 13.8. The molecule has 6 rings (SSSR count). The van der Waals surface area contributed by atoms with Crippen molar-refractivity contribution in [2.75, 3.05) is 30.8 Å². The number of fused-ring (bicyclic) bond motifs is 2. The molecule has 2 N–H and O–H groups in total. The number of alkyl halides is 2. The molecular formula is C28H33F2N7O4S. The lowest BCUT2D eigenvalue weighted by Crippen LogP contribution is -2.45. The lowest BCUT2D eigenvalue weighted by molar-refractivity contribution is 0.0708. The molecule has 0 bridgehead atoms. The average molecular weight is 603 g/mol.